The van der Waals surface area contributed by atoms with Crippen molar-refractivity contribution < 1.29 is 13.2 Å². The molecule has 0 bridgehead atoms. The van der Waals surface area contributed by atoms with Crippen LogP contribution in [0.5, 0.6) is 0 Å². The summed E-state index contributed by atoms with van der Waals surface area (Å²) in [5.74, 6) is -1.16. The highest BCUT2D eigenvalue weighted by Crippen LogP contribution is 2.33. The molecule has 1 atom stereocenters. The van der Waals surface area contributed by atoms with E-state index in [-0.39, 0.29) is 13.0 Å². The number of aryl methyl sites for hydroxylation is 1. The molecule has 1 N–H and O–H groups in total. The van der Waals surface area contributed by atoms with Gasteiger partial charge in [-0.3, -0.25) is 4.90 Å². The van der Waals surface area contributed by atoms with E-state index in [4.69, 9.17) is 0 Å². The molecule has 1 aromatic rings. The number of nitrogens with one attached hydrogen (secondary N) is 1. The third kappa shape index (κ3) is 3.51. The molecule has 1 aromatic carbocycles. The first-order chi connectivity index (χ1) is 10.0. The Morgan fingerprint density at radius 2 is 2.10 bits per heavy atom. The third-order valence-electron chi connectivity index (χ3n) is 4.48. The van der Waals surface area contributed by atoms with Crippen LogP contribution in [0.2, 0.25) is 0 Å². The number of nitrogens with zero attached hydrogens (tertiary/aromatic N) is 1. The maximum absolute atomic E-state index is 12.8. The minimum atomic E-state index is -4.06. The van der Waals surface area contributed by atoms with Gasteiger partial charge in [0.1, 0.15) is 0 Å². The van der Waals surface area contributed by atoms with Gasteiger partial charge in [-0.2, -0.15) is 13.2 Å². The second-order valence-corrected chi connectivity index (χ2v) is 6.14. The summed E-state index contributed by atoms with van der Waals surface area (Å²) in [6.07, 6.45) is -0.971. The van der Waals surface area contributed by atoms with E-state index in [0.29, 0.717) is 13.0 Å². The van der Waals surface area contributed by atoms with Gasteiger partial charge in [0.15, 0.2) is 0 Å². The first kappa shape index (κ1) is 14.7. The van der Waals surface area contributed by atoms with Crippen molar-refractivity contribution in [2.24, 2.45) is 5.92 Å². The van der Waals surface area contributed by atoms with Gasteiger partial charge in [0.05, 0.1) is 5.92 Å². The van der Waals surface area contributed by atoms with E-state index in [1.54, 1.807) is 0 Å². The smallest absolute Gasteiger partial charge is 0.385 e. The molecule has 1 fully saturated rings. The van der Waals surface area contributed by atoms with Gasteiger partial charge in [-0.1, -0.05) is 12.1 Å². The number of anilines is 1. The number of hydrogen-bond acceptors (Lipinski definition) is 2. The highest BCUT2D eigenvalue weighted by molar-refractivity contribution is 5.54. The van der Waals surface area contributed by atoms with Gasteiger partial charge in [-0.25, -0.2) is 0 Å². The lowest BCUT2D eigenvalue weighted by Gasteiger charge is -2.34. The third-order valence-corrected chi connectivity index (χ3v) is 4.48. The van der Waals surface area contributed by atoms with Crippen LogP contribution >= 0.6 is 0 Å². The van der Waals surface area contributed by atoms with Crippen LogP contribution in [0, 0.1) is 5.92 Å². The summed E-state index contributed by atoms with van der Waals surface area (Å²) in [6.45, 7) is 2.53. The molecule has 2 heterocycles. The SMILES string of the molecule is FC(F)(F)C1CCCN(Cc2ccc3c(c2)CCCN3)C1. The van der Waals surface area contributed by atoms with Crippen molar-refractivity contribution in [3.8, 4) is 0 Å². The normalized spacial score (nSPS) is 23.5. The molecule has 0 aromatic heterocycles. The standard InChI is InChI=1S/C16H21F3N2/c17-16(18,19)14-4-2-8-21(11-14)10-12-5-6-15-13(9-12)3-1-7-20-15/h5-6,9,14,20H,1-4,7-8,10-11H2. The first-order valence-electron chi connectivity index (χ1n) is 7.67. The molecule has 0 radical (unpaired) electrons. The monoisotopic (exact) mass is 298 g/mol. The summed E-state index contributed by atoms with van der Waals surface area (Å²) >= 11 is 0. The van der Waals surface area contributed by atoms with Crippen LogP contribution in [-0.2, 0) is 13.0 Å². The lowest BCUT2D eigenvalue weighted by Crippen LogP contribution is -2.41. The van der Waals surface area contributed by atoms with Gasteiger partial charge in [0.25, 0.3) is 0 Å². The van der Waals surface area contributed by atoms with E-state index >= 15 is 0 Å². The Labute approximate surface area is 123 Å². The van der Waals surface area contributed by atoms with E-state index in [9.17, 15) is 13.2 Å². The largest absolute Gasteiger partial charge is 0.393 e. The quantitative estimate of drug-likeness (QED) is 0.893. The van der Waals surface area contributed by atoms with Crippen molar-refractivity contribution >= 4 is 5.69 Å². The molecular formula is C16H21F3N2. The van der Waals surface area contributed by atoms with Crippen molar-refractivity contribution in [1.82, 2.24) is 4.90 Å². The maximum atomic E-state index is 12.8. The highest BCUT2D eigenvalue weighted by atomic mass is 19.4. The fraction of sp³-hybridized carbons (Fsp3) is 0.625. The molecule has 0 aliphatic carbocycles. The molecule has 1 unspecified atom stereocenters. The molecule has 1 saturated heterocycles. The average Bonchev–Trinajstić information content (AvgIpc) is 2.46. The summed E-state index contributed by atoms with van der Waals surface area (Å²) in [5.41, 5.74) is 3.60. The van der Waals surface area contributed by atoms with Crippen molar-refractivity contribution in [2.75, 3.05) is 25.0 Å². The van der Waals surface area contributed by atoms with Crippen molar-refractivity contribution in [1.29, 1.82) is 0 Å². The maximum Gasteiger partial charge on any atom is 0.393 e. The van der Waals surface area contributed by atoms with Crippen LogP contribution in [0.15, 0.2) is 18.2 Å². The Morgan fingerprint density at radius 3 is 2.90 bits per heavy atom. The van der Waals surface area contributed by atoms with Crippen molar-refractivity contribution in [2.45, 2.75) is 38.4 Å². The number of hydrogen-bond donors (Lipinski definition) is 1. The van der Waals surface area contributed by atoms with Crippen molar-refractivity contribution in [3.63, 3.8) is 0 Å². The number of halogens is 3. The first-order valence-corrected chi connectivity index (χ1v) is 7.67. The zero-order chi connectivity index (χ0) is 14.9. The number of benzene rings is 1. The highest BCUT2D eigenvalue weighted by Gasteiger charge is 2.41. The van der Waals surface area contributed by atoms with Crippen LogP contribution < -0.4 is 5.32 Å². The fourth-order valence-electron chi connectivity index (χ4n) is 3.35. The number of rotatable bonds is 2. The van der Waals surface area contributed by atoms with Gasteiger partial charge in [0, 0.05) is 25.3 Å². The molecular weight excluding hydrogens is 277 g/mol. The predicted octanol–water partition coefficient (Wildman–Crippen LogP) is 3.82. The molecule has 5 heteroatoms. The Balaban J connectivity index is 1.66. The number of alkyl halides is 3. The van der Waals surface area contributed by atoms with Gasteiger partial charge in [-0.05, 0) is 49.4 Å². The lowest BCUT2D eigenvalue weighted by molar-refractivity contribution is -0.187. The predicted molar refractivity (Wildman–Crippen MR) is 77.3 cm³/mol. The van der Waals surface area contributed by atoms with E-state index in [0.717, 1.165) is 31.5 Å². The Bertz CT molecular complexity index is 499. The zero-order valence-corrected chi connectivity index (χ0v) is 12.0. The molecule has 2 aliphatic heterocycles. The molecule has 2 nitrogen and oxygen atoms in total. The molecule has 0 spiro atoms. The van der Waals surface area contributed by atoms with Crippen LogP contribution in [0.25, 0.3) is 0 Å². The molecule has 0 amide bonds. The van der Waals surface area contributed by atoms with Gasteiger partial charge >= 0.3 is 6.18 Å². The van der Waals surface area contributed by atoms with Crippen molar-refractivity contribution in [3.05, 3.63) is 29.3 Å². The van der Waals surface area contributed by atoms with Crippen LogP contribution in [-0.4, -0.2) is 30.7 Å². The van der Waals surface area contributed by atoms with Gasteiger partial charge in [-0.15, -0.1) is 0 Å². The molecule has 2 aliphatic rings. The topological polar surface area (TPSA) is 15.3 Å². The lowest BCUT2D eigenvalue weighted by atomic mass is 9.96. The number of fused-ring (bicyclic) bond motifs is 1. The van der Waals surface area contributed by atoms with Gasteiger partial charge < -0.3 is 5.32 Å². The summed E-state index contributed by atoms with van der Waals surface area (Å²) in [7, 11) is 0. The van der Waals surface area contributed by atoms with E-state index < -0.39 is 12.1 Å². The van der Waals surface area contributed by atoms with E-state index in [2.05, 4.69) is 17.4 Å². The summed E-state index contributed by atoms with van der Waals surface area (Å²) in [6, 6.07) is 6.25. The summed E-state index contributed by atoms with van der Waals surface area (Å²) < 4.78 is 38.5. The van der Waals surface area contributed by atoms with Crippen LogP contribution in [0.3, 0.4) is 0 Å². The van der Waals surface area contributed by atoms with Gasteiger partial charge in [0.2, 0.25) is 0 Å². The second kappa shape index (κ2) is 5.87. The van der Waals surface area contributed by atoms with Crippen LogP contribution in [0.4, 0.5) is 18.9 Å². The minimum absolute atomic E-state index is 0.138. The molecule has 0 saturated carbocycles. The van der Waals surface area contributed by atoms with E-state index in [1.165, 1.54) is 11.3 Å². The molecule has 21 heavy (non-hydrogen) atoms. The fourth-order valence-corrected chi connectivity index (χ4v) is 3.35. The minimum Gasteiger partial charge on any atom is -0.385 e. The number of likely N-dealkylation sites (tertiary alicyclic amines) is 1. The Hall–Kier alpha value is -1.23. The zero-order valence-electron chi connectivity index (χ0n) is 12.0. The number of piperidine rings is 1. The van der Waals surface area contributed by atoms with Crippen LogP contribution in [0.1, 0.15) is 30.4 Å². The summed E-state index contributed by atoms with van der Waals surface area (Å²) in [5, 5.41) is 3.36. The molecule has 116 valence electrons. The average molecular weight is 298 g/mol. The molecule has 3 rings (SSSR count). The Kier molecular flexibility index (Phi) is 4.11. The van der Waals surface area contributed by atoms with E-state index in [1.807, 2.05) is 11.0 Å². The Morgan fingerprint density at radius 1 is 1.24 bits per heavy atom. The summed E-state index contributed by atoms with van der Waals surface area (Å²) in [4.78, 5) is 1.94. The second-order valence-electron chi connectivity index (χ2n) is 6.14.